The van der Waals surface area contributed by atoms with Crippen molar-refractivity contribution in [2.75, 3.05) is 12.4 Å². The lowest BCUT2D eigenvalue weighted by Gasteiger charge is -2.11. The van der Waals surface area contributed by atoms with Crippen molar-refractivity contribution >= 4 is 50.9 Å². The number of hydrogen-bond donors (Lipinski definition) is 1. The van der Waals surface area contributed by atoms with Crippen molar-refractivity contribution < 1.29 is 19.1 Å². The van der Waals surface area contributed by atoms with Crippen LogP contribution in [0.15, 0.2) is 46.9 Å². The van der Waals surface area contributed by atoms with Gasteiger partial charge in [0.05, 0.1) is 19.2 Å². The molecule has 0 aliphatic heterocycles. The van der Waals surface area contributed by atoms with Gasteiger partial charge in [-0.1, -0.05) is 27.5 Å². The van der Waals surface area contributed by atoms with Gasteiger partial charge >= 0.3 is 5.97 Å². The lowest BCUT2D eigenvalue weighted by Crippen LogP contribution is -2.16. The van der Waals surface area contributed by atoms with Crippen LogP contribution in [0.1, 0.15) is 28.8 Å². The van der Waals surface area contributed by atoms with Crippen LogP contribution in [0.2, 0.25) is 5.02 Å². The molecule has 0 saturated heterocycles. The first-order valence-corrected chi connectivity index (χ1v) is 8.54. The van der Waals surface area contributed by atoms with Crippen molar-refractivity contribution in [3.63, 3.8) is 0 Å². The number of esters is 1. The number of halogens is 2. The highest BCUT2D eigenvalue weighted by Crippen LogP contribution is 2.25. The Morgan fingerprint density at radius 2 is 1.76 bits per heavy atom. The molecule has 0 fully saturated rings. The van der Waals surface area contributed by atoms with E-state index in [0.29, 0.717) is 26.3 Å². The van der Waals surface area contributed by atoms with E-state index in [1.54, 1.807) is 42.5 Å². The summed E-state index contributed by atoms with van der Waals surface area (Å²) in [6.45, 7) is 0. The number of methoxy groups -OCH3 is 1. The van der Waals surface area contributed by atoms with Crippen LogP contribution in [0.25, 0.3) is 0 Å². The zero-order chi connectivity index (χ0) is 18.4. The van der Waals surface area contributed by atoms with Gasteiger partial charge in [-0.2, -0.15) is 0 Å². The molecule has 0 saturated carbocycles. The zero-order valence-electron chi connectivity index (χ0n) is 13.3. The summed E-state index contributed by atoms with van der Waals surface area (Å²) in [7, 11) is 1.26. The average Bonchev–Trinajstić information content (AvgIpc) is 2.61. The van der Waals surface area contributed by atoms with E-state index in [1.165, 1.54) is 7.11 Å². The number of carbonyl (C=O) groups is 3. The second-order valence-electron chi connectivity index (χ2n) is 5.15. The Bertz CT molecular complexity index is 805. The number of benzene rings is 2. The molecule has 0 bridgehead atoms. The molecule has 2 rings (SSSR count). The van der Waals surface area contributed by atoms with Crippen molar-refractivity contribution in [2.45, 2.75) is 12.8 Å². The van der Waals surface area contributed by atoms with Gasteiger partial charge in [0.25, 0.3) is 0 Å². The maximum absolute atomic E-state index is 12.7. The summed E-state index contributed by atoms with van der Waals surface area (Å²) in [6, 6.07) is 11.5. The number of amides is 1. The van der Waals surface area contributed by atoms with Crippen molar-refractivity contribution in [1.29, 1.82) is 0 Å². The van der Waals surface area contributed by atoms with Gasteiger partial charge in [0.2, 0.25) is 5.91 Å². The van der Waals surface area contributed by atoms with Crippen LogP contribution in [0, 0.1) is 0 Å². The van der Waals surface area contributed by atoms with Crippen molar-refractivity contribution in [2.24, 2.45) is 0 Å². The summed E-state index contributed by atoms with van der Waals surface area (Å²) in [6.07, 6.45) is -0.0589. The summed E-state index contributed by atoms with van der Waals surface area (Å²) in [5.74, 6) is -1.09. The van der Waals surface area contributed by atoms with Gasteiger partial charge in [0, 0.05) is 27.0 Å². The van der Waals surface area contributed by atoms with Gasteiger partial charge in [-0.05, 0) is 42.5 Å². The van der Waals surface area contributed by atoms with Crippen LogP contribution < -0.4 is 5.32 Å². The molecule has 0 radical (unpaired) electrons. The smallest absolute Gasteiger partial charge is 0.306 e. The van der Waals surface area contributed by atoms with Crippen LogP contribution >= 0.6 is 27.5 Å². The molecule has 25 heavy (non-hydrogen) atoms. The lowest BCUT2D eigenvalue weighted by molar-refractivity contribution is -0.141. The normalized spacial score (nSPS) is 10.2. The highest BCUT2D eigenvalue weighted by molar-refractivity contribution is 9.10. The second kappa shape index (κ2) is 8.78. The first kappa shape index (κ1) is 19.1. The molecule has 0 spiro atoms. The van der Waals surface area contributed by atoms with Crippen LogP contribution in [-0.2, 0) is 14.3 Å². The Morgan fingerprint density at radius 3 is 2.40 bits per heavy atom. The number of rotatable bonds is 6. The first-order chi connectivity index (χ1) is 11.9. The average molecular weight is 425 g/mol. The van der Waals surface area contributed by atoms with E-state index in [1.807, 2.05) is 0 Å². The topological polar surface area (TPSA) is 72.5 Å². The molecule has 0 atom stereocenters. The largest absolute Gasteiger partial charge is 0.469 e. The monoisotopic (exact) mass is 423 g/mol. The van der Waals surface area contributed by atoms with E-state index in [9.17, 15) is 14.4 Å². The predicted molar refractivity (Wildman–Crippen MR) is 98.9 cm³/mol. The van der Waals surface area contributed by atoms with Gasteiger partial charge in [-0.15, -0.1) is 0 Å². The molecular weight excluding hydrogens is 410 g/mol. The molecule has 2 aromatic rings. The molecule has 130 valence electrons. The third-order valence-electron chi connectivity index (χ3n) is 3.39. The fraction of sp³-hybridized carbons (Fsp3) is 0.167. The Hall–Kier alpha value is -2.18. The van der Waals surface area contributed by atoms with E-state index >= 15 is 0 Å². The summed E-state index contributed by atoms with van der Waals surface area (Å²) in [4.78, 5) is 35.9. The number of carbonyl (C=O) groups excluding carboxylic acids is 3. The molecule has 2 aromatic carbocycles. The first-order valence-electron chi connectivity index (χ1n) is 7.37. The molecule has 0 heterocycles. The number of anilines is 1. The fourth-order valence-electron chi connectivity index (χ4n) is 2.10. The number of hydrogen-bond acceptors (Lipinski definition) is 4. The van der Waals surface area contributed by atoms with Gasteiger partial charge in [-0.25, -0.2) is 0 Å². The minimum Gasteiger partial charge on any atom is -0.469 e. The Kier molecular flexibility index (Phi) is 6.73. The van der Waals surface area contributed by atoms with Crippen molar-refractivity contribution in [3.8, 4) is 0 Å². The SMILES string of the molecule is COC(=O)CCC(=O)Nc1ccc(Br)cc1C(=O)c1ccc(Cl)cc1. The molecule has 0 aromatic heterocycles. The fourth-order valence-corrected chi connectivity index (χ4v) is 2.59. The summed E-state index contributed by atoms with van der Waals surface area (Å²) in [5, 5.41) is 3.19. The van der Waals surface area contributed by atoms with E-state index in [-0.39, 0.29) is 24.5 Å². The molecule has 1 amide bonds. The maximum atomic E-state index is 12.7. The lowest BCUT2D eigenvalue weighted by atomic mass is 10.0. The molecular formula is C18H15BrClNO4. The standard InChI is InChI=1S/C18H15BrClNO4/c1-25-17(23)9-8-16(22)21-15-7-4-12(19)10-14(15)18(24)11-2-5-13(20)6-3-11/h2-7,10H,8-9H2,1H3,(H,21,22). The molecule has 1 N–H and O–H groups in total. The van der Waals surface area contributed by atoms with E-state index in [4.69, 9.17) is 11.6 Å². The number of ketones is 1. The van der Waals surface area contributed by atoms with Crippen molar-refractivity contribution in [1.82, 2.24) is 0 Å². The number of nitrogens with one attached hydrogen (secondary N) is 1. The Balaban J connectivity index is 2.22. The second-order valence-corrected chi connectivity index (χ2v) is 6.50. The van der Waals surface area contributed by atoms with Crippen LogP contribution in [-0.4, -0.2) is 24.8 Å². The predicted octanol–water partition coefficient (Wildman–Crippen LogP) is 4.23. The summed E-state index contributed by atoms with van der Waals surface area (Å²) >= 11 is 9.17. The molecule has 0 aliphatic carbocycles. The summed E-state index contributed by atoms with van der Waals surface area (Å²) < 4.78 is 5.21. The van der Waals surface area contributed by atoms with Crippen molar-refractivity contribution in [3.05, 3.63) is 63.1 Å². The van der Waals surface area contributed by atoms with E-state index in [0.717, 1.165) is 0 Å². The highest BCUT2D eigenvalue weighted by Gasteiger charge is 2.16. The minimum atomic E-state index is -0.469. The molecule has 0 unspecified atom stereocenters. The molecule has 0 aliphatic rings. The quantitative estimate of drug-likeness (QED) is 0.556. The van der Waals surface area contributed by atoms with Gasteiger partial charge < -0.3 is 10.1 Å². The third kappa shape index (κ3) is 5.41. The number of ether oxygens (including phenoxy) is 1. The van der Waals surface area contributed by atoms with Gasteiger partial charge in [0.15, 0.2) is 5.78 Å². The van der Waals surface area contributed by atoms with Crippen LogP contribution in [0.4, 0.5) is 5.69 Å². The van der Waals surface area contributed by atoms with E-state index in [2.05, 4.69) is 26.0 Å². The summed E-state index contributed by atoms with van der Waals surface area (Å²) in [5.41, 5.74) is 1.16. The maximum Gasteiger partial charge on any atom is 0.306 e. The van der Waals surface area contributed by atoms with E-state index < -0.39 is 5.97 Å². The Labute approximate surface area is 158 Å². The minimum absolute atomic E-state index is 0.0284. The van der Waals surface area contributed by atoms with Gasteiger partial charge in [-0.3, -0.25) is 14.4 Å². The molecule has 7 heteroatoms. The van der Waals surface area contributed by atoms with Crippen LogP contribution in [0.3, 0.4) is 0 Å². The highest BCUT2D eigenvalue weighted by atomic mass is 79.9. The van der Waals surface area contributed by atoms with Crippen LogP contribution in [0.5, 0.6) is 0 Å². The zero-order valence-corrected chi connectivity index (χ0v) is 15.7. The Morgan fingerprint density at radius 1 is 1.08 bits per heavy atom. The molecule has 5 nitrogen and oxygen atoms in total. The van der Waals surface area contributed by atoms with Gasteiger partial charge in [0.1, 0.15) is 0 Å². The third-order valence-corrected chi connectivity index (χ3v) is 4.14.